The summed E-state index contributed by atoms with van der Waals surface area (Å²) < 4.78 is 41.0. The van der Waals surface area contributed by atoms with E-state index in [1.54, 1.807) is 17.1 Å². The molecule has 5 heterocycles. The van der Waals surface area contributed by atoms with Crippen molar-refractivity contribution in [2.24, 2.45) is 7.05 Å². The summed E-state index contributed by atoms with van der Waals surface area (Å²) in [5.74, 6) is -0.702. The van der Waals surface area contributed by atoms with Crippen molar-refractivity contribution in [2.75, 3.05) is 31.2 Å². The number of rotatable bonds is 3. The van der Waals surface area contributed by atoms with Gasteiger partial charge < -0.3 is 19.3 Å². The Balaban J connectivity index is 0.000000392. The number of aliphatic carboxylic acids is 1. The monoisotopic (exact) mass is 541 g/mol. The fourth-order valence-corrected chi connectivity index (χ4v) is 4.06. The number of carbonyl (C=O) groups is 1. The minimum atomic E-state index is -5.08. The number of ether oxygens (including phenoxy) is 1. The Morgan fingerprint density at radius 3 is 2.41 bits per heavy atom. The number of morpholine rings is 1. The Bertz CT molecular complexity index is 1650. The zero-order valence-corrected chi connectivity index (χ0v) is 20.8. The average molecular weight is 541 g/mol. The van der Waals surface area contributed by atoms with E-state index < -0.39 is 12.1 Å². The average Bonchev–Trinajstić information content (AvgIpc) is 3.49. The Kier molecular flexibility index (Phi) is 6.82. The first-order chi connectivity index (χ1) is 18.6. The highest BCUT2D eigenvalue weighted by atomic mass is 19.4. The normalized spacial score (nSPS) is 13.9. The number of pyridine rings is 1. The third-order valence-corrected chi connectivity index (χ3v) is 5.97. The van der Waals surface area contributed by atoms with E-state index in [1.807, 2.05) is 48.9 Å². The molecule has 1 N–H and O–H groups in total. The van der Waals surface area contributed by atoms with E-state index in [0.29, 0.717) is 19.2 Å². The lowest BCUT2D eigenvalue weighted by Crippen LogP contribution is -2.37. The van der Waals surface area contributed by atoms with Gasteiger partial charge in [0.15, 0.2) is 17.0 Å². The summed E-state index contributed by atoms with van der Waals surface area (Å²) in [6, 6.07) is 9.91. The number of halogens is 3. The first-order valence-electron chi connectivity index (χ1n) is 11.7. The number of nitrogens with zero attached hydrogens (tertiary/aromatic N) is 9. The lowest BCUT2D eigenvalue weighted by molar-refractivity contribution is -0.192. The van der Waals surface area contributed by atoms with E-state index in [9.17, 15) is 13.2 Å². The van der Waals surface area contributed by atoms with E-state index >= 15 is 0 Å². The van der Waals surface area contributed by atoms with Crippen LogP contribution in [0.15, 0.2) is 42.7 Å². The second-order valence-electron chi connectivity index (χ2n) is 8.65. The molecule has 6 rings (SSSR count). The minimum absolute atomic E-state index is 0.469. The van der Waals surface area contributed by atoms with Crippen molar-refractivity contribution in [3.05, 3.63) is 48.3 Å². The topological polar surface area (TPSA) is 137 Å². The van der Waals surface area contributed by atoms with Crippen LogP contribution in [0.2, 0.25) is 0 Å². The summed E-state index contributed by atoms with van der Waals surface area (Å²) in [5, 5.41) is 15.8. The molecular weight excluding hydrogens is 519 g/mol. The summed E-state index contributed by atoms with van der Waals surface area (Å²) >= 11 is 0. The highest BCUT2D eigenvalue weighted by molar-refractivity contribution is 5.88. The summed E-state index contributed by atoms with van der Waals surface area (Å²) in [6.07, 6.45) is -1.56. The van der Waals surface area contributed by atoms with Crippen molar-refractivity contribution >= 4 is 34.0 Å². The summed E-state index contributed by atoms with van der Waals surface area (Å²) in [4.78, 5) is 30.0. The molecule has 1 fully saturated rings. The van der Waals surface area contributed by atoms with Gasteiger partial charge in [0.25, 0.3) is 5.95 Å². The fourth-order valence-electron chi connectivity index (χ4n) is 4.06. The van der Waals surface area contributed by atoms with Gasteiger partial charge in [-0.15, -0.1) is 5.10 Å². The van der Waals surface area contributed by atoms with Gasteiger partial charge in [0.05, 0.1) is 18.7 Å². The van der Waals surface area contributed by atoms with Crippen LogP contribution in [-0.4, -0.2) is 83.1 Å². The SMILES string of the molecule is Cc1ccc2nnn(-c3nc(N4CCOCC4)c4nc(-c5ccncc5)n(C)c4n3)c2c1.O=C(O)C(F)(F)F. The van der Waals surface area contributed by atoms with Crippen LogP contribution in [0.5, 0.6) is 0 Å². The molecule has 39 heavy (non-hydrogen) atoms. The van der Waals surface area contributed by atoms with Crippen LogP contribution in [0, 0.1) is 6.92 Å². The van der Waals surface area contributed by atoms with Crippen LogP contribution in [0.25, 0.3) is 39.5 Å². The van der Waals surface area contributed by atoms with Crippen molar-refractivity contribution in [1.29, 1.82) is 0 Å². The zero-order chi connectivity index (χ0) is 27.7. The molecule has 12 nitrogen and oxygen atoms in total. The number of carboxylic acids is 1. The van der Waals surface area contributed by atoms with Crippen LogP contribution in [0.3, 0.4) is 0 Å². The molecular formula is C24H22F3N9O3. The lowest BCUT2D eigenvalue weighted by atomic mass is 10.2. The van der Waals surface area contributed by atoms with Gasteiger partial charge in [-0.3, -0.25) is 4.98 Å². The van der Waals surface area contributed by atoms with Gasteiger partial charge in [-0.05, 0) is 36.8 Å². The molecule has 15 heteroatoms. The van der Waals surface area contributed by atoms with E-state index in [0.717, 1.165) is 58.1 Å². The molecule has 0 spiro atoms. The van der Waals surface area contributed by atoms with Gasteiger partial charge in [-0.1, -0.05) is 11.3 Å². The second-order valence-corrected chi connectivity index (χ2v) is 8.65. The van der Waals surface area contributed by atoms with Crippen LogP contribution >= 0.6 is 0 Å². The van der Waals surface area contributed by atoms with Gasteiger partial charge in [0, 0.05) is 38.1 Å². The number of carboxylic acid groups (broad SMARTS) is 1. The fraction of sp³-hybridized carbons (Fsp3) is 0.292. The molecule has 0 aliphatic carbocycles. The molecule has 1 aliphatic heterocycles. The largest absolute Gasteiger partial charge is 0.490 e. The van der Waals surface area contributed by atoms with E-state index in [1.165, 1.54) is 0 Å². The third kappa shape index (κ3) is 5.20. The number of aryl methyl sites for hydroxylation is 2. The molecule has 1 aliphatic rings. The number of hydrogen-bond donors (Lipinski definition) is 1. The van der Waals surface area contributed by atoms with Gasteiger partial charge in [-0.2, -0.15) is 27.8 Å². The van der Waals surface area contributed by atoms with Crippen LogP contribution < -0.4 is 4.90 Å². The number of aromatic nitrogens is 8. The first-order valence-corrected chi connectivity index (χ1v) is 11.7. The molecule has 0 radical (unpaired) electrons. The first kappa shape index (κ1) is 26.0. The summed E-state index contributed by atoms with van der Waals surface area (Å²) in [6.45, 7) is 4.82. The molecule has 0 unspecified atom stereocenters. The van der Waals surface area contributed by atoms with Crippen molar-refractivity contribution in [3.63, 3.8) is 0 Å². The van der Waals surface area contributed by atoms with Crippen molar-refractivity contribution < 1.29 is 27.8 Å². The number of imidazole rings is 1. The number of fused-ring (bicyclic) bond motifs is 2. The Morgan fingerprint density at radius 2 is 1.74 bits per heavy atom. The molecule has 0 amide bonds. The molecule has 1 aromatic carbocycles. The van der Waals surface area contributed by atoms with Crippen molar-refractivity contribution in [1.82, 2.24) is 39.5 Å². The minimum Gasteiger partial charge on any atom is -0.475 e. The molecule has 0 saturated carbocycles. The van der Waals surface area contributed by atoms with Gasteiger partial charge >= 0.3 is 12.1 Å². The number of anilines is 1. The predicted octanol–water partition coefficient (Wildman–Crippen LogP) is 2.94. The molecule has 202 valence electrons. The van der Waals surface area contributed by atoms with Crippen LogP contribution in [0.1, 0.15) is 5.56 Å². The molecule has 0 atom stereocenters. The zero-order valence-electron chi connectivity index (χ0n) is 20.8. The van der Waals surface area contributed by atoms with Crippen LogP contribution in [-0.2, 0) is 16.6 Å². The lowest BCUT2D eigenvalue weighted by Gasteiger charge is -2.28. The number of benzene rings is 1. The smallest absolute Gasteiger partial charge is 0.475 e. The highest BCUT2D eigenvalue weighted by Gasteiger charge is 2.38. The standard InChI is InChI=1S/C22H21N9O.C2HF3O2/c1-14-3-4-16-17(13-14)31(28-27-16)22-25-20-18(21(26-22)30-9-11-32-12-10-30)24-19(29(20)2)15-5-7-23-8-6-15;3-2(4,5)1(6)7/h3-8,13H,9-12H2,1-2H3;(H,6,7). The van der Waals surface area contributed by atoms with Gasteiger partial charge in [0.2, 0.25) is 0 Å². The third-order valence-electron chi connectivity index (χ3n) is 5.97. The number of alkyl halides is 3. The van der Waals surface area contributed by atoms with E-state index in [2.05, 4.69) is 20.2 Å². The highest BCUT2D eigenvalue weighted by Crippen LogP contribution is 2.30. The van der Waals surface area contributed by atoms with Crippen molar-refractivity contribution in [3.8, 4) is 17.3 Å². The Morgan fingerprint density at radius 1 is 1.05 bits per heavy atom. The molecule has 1 saturated heterocycles. The summed E-state index contributed by atoms with van der Waals surface area (Å²) in [5.41, 5.74) is 5.25. The quantitative estimate of drug-likeness (QED) is 0.363. The Labute approximate surface area is 218 Å². The van der Waals surface area contributed by atoms with Gasteiger partial charge in [-0.25, -0.2) is 9.78 Å². The number of hydrogen-bond acceptors (Lipinski definition) is 9. The molecule has 4 aromatic heterocycles. The maximum Gasteiger partial charge on any atom is 0.490 e. The summed E-state index contributed by atoms with van der Waals surface area (Å²) in [7, 11) is 1.97. The molecule has 5 aromatic rings. The van der Waals surface area contributed by atoms with Crippen molar-refractivity contribution in [2.45, 2.75) is 13.1 Å². The van der Waals surface area contributed by atoms with Crippen LogP contribution in [0.4, 0.5) is 19.0 Å². The second kappa shape index (κ2) is 10.2. The van der Waals surface area contributed by atoms with E-state index in [-0.39, 0.29) is 0 Å². The predicted molar refractivity (Wildman–Crippen MR) is 133 cm³/mol. The van der Waals surface area contributed by atoms with Gasteiger partial charge in [0.1, 0.15) is 11.3 Å². The molecule has 0 bridgehead atoms. The Hall–Kier alpha value is -4.66. The maximum atomic E-state index is 10.6. The van der Waals surface area contributed by atoms with E-state index in [4.69, 9.17) is 29.6 Å². The maximum absolute atomic E-state index is 10.6.